The van der Waals surface area contributed by atoms with Crippen LogP contribution >= 0.6 is 0 Å². The van der Waals surface area contributed by atoms with Crippen LogP contribution in [0.1, 0.15) is 0 Å². The summed E-state index contributed by atoms with van der Waals surface area (Å²) in [5.74, 6) is -0.634. The van der Waals surface area contributed by atoms with Gasteiger partial charge in [0.05, 0.1) is 0 Å². The molecule has 0 amide bonds. The van der Waals surface area contributed by atoms with E-state index in [2.05, 4.69) is 0 Å². The zero-order chi connectivity index (χ0) is 11.1. The van der Waals surface area contributed by atoms with Crippen molar-refractivity contribution in [3.8, 4) is 0 Å². The van der Waals surface area contributed by atoms with Crippen LogP contribution in [-0.2, 0) is 0 Å². The van der Waals surface area contributed by atoms with Gasteiger partial charge < -0.3 is 0 Å². The smallest absolute Gasteiger partial charge is 0.131 e. The lowest BCUT2D eigenvalue weighted by molar-refractivity contribution is 0.637. The second-order valence-corrected chi connectivity index (χ2v) is 3.77. The zero-order valence-corrected chi connectivity index (χ0v) is 8.37. The SMILES string of the molecule is Fc1cccc2cc3cccc(F)c3cc12. The molecule has 0 saturated heterocycles. The van der Waals surface area contributed by atoms with Crippen LogP contribution < -0.4 is 0 Å². The van der Waals surface area contributed by atoms with Crippen molar-refractivity contribution in [3.63, 3.8) is 0 Å². The first-order chi connectivity index (χ1) is 7.75. The van der Waals surface area contributed by atoms with Crippen LogP contribution in [0.4, 0.5) is 8.78 Å². The van der Waals surface area contributed by atoms with E-state index in [0.29, 0.717) is 10.8 Å². The Morgan fingerprint density at radius 1 is 0.625 bits per heavy atom. The minimum Gasteiger partial charge on any atom is -0.206 e. The monoisotopic (exact) mass is 214 g/mol. The molecular formula is C14H8F2. The quantitative estimate of drug-likeness (QED) is 0.490. The van der Waals surface area contributed by atoms with Crippen LogP contribution in [0.5, 0.6) is 0 Å². The summed E-state index contributed by atoms with van der Waals surface area (Å²) < 4.78 is 27.0. The number of benzene rings is 3. The third-order valence-electron chi connectivity index (χ3n) is 2.77. The molecule has 0 bridgehead atoms. The summed E-state index contributed by atoms with van der Waals surface area (Å²) in [6, 6.07) is 13.1. The summed E-state index contributed by atoms with van der Waals surface area (Å²) in [6.45, 7) is 0. The Morgan fingerprint density at radius 3 is 1.62 bits per heavy atom. The minimum absolute atomic E-state index is 0.317. The number of rotatable bonds is 0. The molecule has 0 heterocycles. The normalized spacial score (nSPS) is 11.1. The van der Waals surface area contributed by atoms with Crippen molar-refractivity contribution in [1.29, 1.82) is 0 Å². The van der Waals surface area contributed by atoms with Gasteiger partial charge in [-0.3, -0.25) is 0 Å². The molecule has 16 heavy (non-hydrogen) atoms. The number of halogens is 2. The van der Waals surface area contributed by atoms with Crippen molar-refractivity contribution >= 4 is 21.5 Å². The van der Waals surface area contributed by atoms with Crippen LogP contribution in [0.25, 0.3) is 21.5 Å². The van der Waals surface area contributed by atoms with E-state index in [1.807, 2.05) is 12.1 Å². The Bertz CT molecular complexity index is 630. The lowest BCUT2D eigenvalue weighted by atomic mass is 10.0. The molecule has 0 aromatic heterocycles. The molecule has 0 aliphatic heterocycles. The topological polar surface area (TPSA) is 0 Å². The molecule has 0 N–H and O–H groups in total. The van der Waals surface area contributed by atoms with Crippen molar-refractivity contribution in [1.82, 2.24) is 0 Å². The molecule has 3 aromatic carbocycles. The van der Waals surface area contributed by atoms with Gasteiger partial charge in [-0.15, -0.1) is 0 Å². The van der Waals surface area contributed by atoms with Gasteiger partial charge in [0, 0.05) is 10.8 Å². The number of hydrogen-bond acceptors (Lipinski definition) is 0. The molecule has 0 atom stereocenters. The van der Waals surface area contributed by atoms with Crippen molar-refractivity contribution in [3.05, 3.63) is 60.2 Å². The van der Waals surface area contributed by atoms with Gasteiger partial charge in [0.25, 0.3) is 0 Å². The van der Waals surface area contributed by atoms with Crippen LogP contribution in [0.2, 0.25) is 0 Å². The molecule has 0 spiro atoms. The third-order valence-corrected chi connectivity index (χ3v) is 2.77. The predicted octanol–water partition coefficient (Wildman–Crippen LogP) is 4.27. The van der Waals surface area contributed by atoms with Crippen molar-refractivity contribution < 1.29 is 8.78 Å². The molecule has 0 saturated carbocycles. The summed E-state index contributed by atoms with van der Waals surface area (Å²) in [6.07, 6.45) is 0. The zero-order valence-electron chi connectivity index (χ0n) is 8.37. The van der Waals surface area contributed by atoms with E-state index in [1.165, 1.54) is 12.1 Å². The molecule has 0 nitrogen and oxygen atoms in total. The summed E-state index contributed by atoms with van der Waals surface area (Å²) in [5, 5.41) is 2.50. The van der Waals surface area contributed by atoms with Crippen molar-refractivity contribution in [2.24, 2.45) is 0 Å². The van der Waals surface area contributed by atoms with Gasteiger partial charge in [0.1, 0.15) is 11.6 Å². The summed E-state index contributed by atoms with van der Waals surface area (Å²) >= 11 is 0. The predicted molar refractivity (Wildman–Crippen MR) is 61.4 cm³/mol. The van der Waals surface area contributed by atoms with Gasteiger partial charge in [0.15, 0.2) is 0 Å². The van der Waals surface area contributed by atoms with Gasteiger partial charge in [-0.2, -0.15) is 0 Å². The first-order valence-electron chi connectivity index (χ1n) is 5.02. The average molecular weight is 214 g/mol. The molecule has 0 aliphatic rings. The van der Waals surface area contributed by atoms with Gasteiger partial charge in [-0.05, 0) is 35.0 Å². The first kappa shape index (κ1) is 9.28. The summed E-state index contributed by atoms with van der Waals surface area (Å²) in [7, 11) is 0. The highest BCUT2D eigenvalue weighted by Gasteiger charge is 2.05. The fourth-order valence-corrected chi connectivity index (χ4v) is 1.98. The van der Waals surface area contributed by atoms with Crippen LogP contribution in [-0.4, -0.2) is 0 Å². The van der Waals surface area contributed by atoms with Crippen molar-refractivity contribution in [2.75, 3.05) is 0 Å². The maximum Gasteiger partial charge on any atom is 0.131 e. The minimum atomic E-state index is -0.317. The van der Waals surface area contributed by atoms with E-state index in [-0.39, 0.29) is 11.6 Å². The van der Waals surface area contributed by atoms with Crippen LogP contribution in [0.15, 0.2) is 48.5 Å². The van der Waals surface area contributed by atoms with E-state index in [1.54, 1.807) is 24.3 Å². The van der Waals surface area contributed by atoms with Crippen LogP contribution in [0.3, 0.4) is 0 Å². The van der Waals surface area contributed by atoms with Gasteiger partial charge in [0.2, 0.25) is 0 Å². The van der Waals surface area contributed by atoms with E-state index in [0.717, 1.165) is 10.8 Å². The van der Waals surface area contributed by atoms with Gasteiger partial charge >= 0.3 is 0 Å². The third kappa shape index (κ3) is 1.27. The maximum absolute atomic E-state index is 13.5. The second kappa shape index (κ2) is 3.27. The van der Waals surface area contributed by atoms with E-state index < -0.39 is 0 Å². The molecule has 78 valence electrons. The van der Waals surface area contributed by atoms with Crippen LogP contribution in [0, 0.1) is 11.6 Å². The fourth-order valence-electron chi connectivity index (χ4n) is 1.98. The molecule has 3 rings (SSSR count). The highest BCUT2D eigenvalue weighted by Crippen LogP contribution is 2.26. The molecule has 0 fully saturated rings. The van der Waals surface area contributed by atoms with E-state index in [9.17, 15) is 8.78 Å². The van der Waals surface area contributed by atoms with Gasteiger partial charge in [-0.1, -0.05) is 24.3 Å². The first-order valence-corrected chi connectivity index (χ1v) is 5.02. The Morgan fingerprint density at radius 2 is 1.12 bits per heavy atom. The Kier molecular flexibility index (Phi) is 1.90. The molecule has 2 heteroatoms. The van der Waals surface area contributed by atoms with E-state index in [4.69, 9.17) is 0 Å². The highest BCUT2D eigenvalue weighted by molar-refractivity contribution is 5.98. The summed E-state index contributed by atoms with van der Waals surface area (Å²) in [4.78, 5) is 0. The highest BCUT2D eigenvalue weighted by atomic mass is 19.1. The maximum atomic E-state index is 13.5. The Hall–Kier alpha value is -1.96. The number of fused-ring (bicyclic) bond motifs is 2. The Balaban J connectivity index is 2.55. The van der Waals surface area contributed by atoms with Gasteiger partial charge in [-0.25, -0.2) is 8.78 Å². The summed E-state index contributed by atoms with van der Waals surface area (Å²) in [5.41, 5.74) is 0. The Labute approximate surface area is 91.1 Å². The second-order valence-electron chi connectivity index (χ2n) is 3.77. The standard InChI is InChI=1S/C14H8F2/c15-13-5-1-3-9-7-10-4-2-6-14(16)12(10)8-11(9)13/h1-8H. The average Bonchev–Trinajstić information content (AvgIpc) is 2.28. The van der Waals surface area contributed by atoms with E-state index >= 15 is 0 Å². The van der Waals surface area contributed by atoms with Crippen molar-refractivity contribution in [2.45, 2.75) is 0 Å². The molecule has 0 unspecified atom stereocenters. The molecule has 3 aromatic rings. The number of hydrogen-bond donors (Lipinski definition) is 0. The largest absolute Gasteiger partial charge is 0.206 e. The lowest BCUT2D eigenvalue weighted by Gasteiger charge is -2.03. The fraction of sp³-hybridized carbons (Fsp3) is 0. The molecular weight excluding hydrogens is 206 g/mol. The molecule has 0 aliphatic carbocycles. The molecule has 0 radical (unpaired) electrons. The lowest BCUT2D eigenvalue weighted by Crippen LogP contribution is -1.83.